The molecule has 0 unspecified atom stereocenters. The van der Waals surface area contributed by atoms with Gasteiger partial charge in [0.05, 0.1) is 11.1 Å². The molecule has 0 aromatic heterocycles. The van der Waals surface area contributed by atoms with E-state index < -0.39 is 34.7 Å². The molecule has 2 aliphatic rings. The predicted molar refractivity (Wildman–Crippen MR) is 137 cm³/mol. The molecular formula is C32H18MnO6. The molecule has 0 saturated heterocycles. The molecule has 6 nitrogen and oxygen atoms in total. The molecule has 6 rings (SSSR count). The first-order chi connectivity index (χ1) is 18.4. The number of rotatable bonds is 2. The van der Waals surface area contributed by atoms with E-state index in [-0.39, 0.29) is 28.2 Å². The Balaban J connectivity index is 0.000000176. The van der Waals surface area contributed by atoms with E-state index in [1.807, 2.05) is 0 Å². The summed E-state index contributed by atoms with van der Waals surface area (Å²) in [6, 6.07) is 29.7. The van der Waals surface area contributed by atoms with Crippen LogP contribution < -0.4 is 10.2 Å². The zero-order chi connectivity index (χ0) is 26.8. The van der Waals surface area contributed by atoms with Crippen molar-refractivity contribution in [3.05, 3.63) is 154 Å². The fourth-order valence-electron chi connectivity index (χ4n) is 4.38. The molecule has 2 aliphatic carbocycles. The van der Waals surface area contributed by atoms with Crippen molar-refractivity contribution in [2.75, 3.05) is 0 Å². The molecular weight excluding hydrogens is 535 g/mol. The Labute approximate surface area is 234 Å². The fraction of sp³-hybridized carbons (Fsp3) is 0. The second-order valence-electron chi connectivity index (χ2n) is 8.55. The Kier molecular flexibility index (Phi) is 7.86. The van der Waals surface area contributed by atoms with Crippen molar-refractivity contribution >= 4 is 34.7 Å². The van der Waals surface area contributed by atoms with Crippen molar-refractivity contribution in [2.24, 2.45) is 0 Å². The summed E-state index contributed by atoms with van der Waals surface area (Å²) in [5, 5.41) is 24.5. The van der Waals surface area contributed by atoms with E-state index in [1.165, 1.54) is 0 Å². The number of benzene rings is 4. The maximum absolute atomic E-state index is 12.3. The number of Topliss-reactive ketones (excluding diaryl/α,β-unsaturated/α-hetero) is 4. The van der Waals surface area contributed by atoms with Crippen LogP contribution in [0.3, 0.4) is 0 Å². The van der Waals surface area contributed by atoms with Gasteiger partial charge in [-0.05, 0) is 11.1 Å². The Morgan fingerprint density at radius 1 is 0.385 bits per heavy atom. The van der Waals surface area contributed by atoms with Crippen molar-refractivity contribution in [3.8, 4) is 0 Å². The average Bonchev–Trinajstić information content (AvgIpc) is 3.38. The molecule has 189 valence electrons. The average molecular weight is 553 g/mol. The number of carbonyl (C=O) groups excluding carboxylic acids is 4. The number of fused-ring (bicyclic) bond motifs is 2. The largest absolute Gasteiger partial charge is 2.00 e. The third kappa shape index (κ3) is 4.89. The number of carbonyl (C=O) groups is 4. The summed E-state index contributed by atoms with van der Waals surface area (Å²) in [6.07, 6.45) is 0. The monoisotopic (exact) mass is 553 g/mol. The van der Waals surface area contributed by atoms with Crippen LogP contribution in [0.15, 0.2) is 120 Å². The Hall–Kier alpha value is -4.84. The maximum atomic E-state index is 12.3. The molecule has 0 atom stereocenters. The van der Waals surface area contributed by atoms with Gasteiger partial charge >= 0.3 is 17.1 Å². The van der Waals surface area contributed by atoms with Gasteiger partial charge in [0.2, 0.25) is 0 Å². The zero-order valence-corrected chi connectivity index (χ0v) is 21.4. The second-order valence-corrected chi connectivity index (χ2v) is 8.55. The van der Waals surface area contributed by atoms with Crippen molar-refractivity contribution in [1.82, 2.24) is 0 Å². The topological polar surface area (TPSA) is 114 Å². The molecule has 0 N–H and O–H groups in total. The fourth-order valence-corrected chi connectivity index (χ4v) is 4.38. The van der Waals surface area contributed by atoms with Crippen LogP contribution in [0.4, 0.5) is 0 Å². The van der Waals surface area contributed by atoms with Crippen LogP contribution in [-0.2, 0) is 17.1 Å². The second kappa shape index (κ2) is 11.3. The summed E-state index contributed by atoms with van der Waals surface area (Å²) in [4.78, 5) is 48.6. The Morgan fingerprint density at radius 3 is 0.872 bits per heavy atom. The molecule has 0 bridgehead atoms. The summed E-state index contributed by atoms with van der Waals surface area (Å²) in [7, 11) is 0. The Morgan fingerprint density at radius 2 is 0.615 bits per heavy atom. The van der Waals surface area contributed by atoms with Crippen LogP contribution in [0, 0.1) is 0 Å². The molecule has 0 aliphatic heterocycles. The zero-order valence-electron chi connectivity index (χ0n) is 20.2. The SMILES string of the molecule is O=C1C(=C([O-])c2ccccc2)C(=O)c2ccccc21.O=C1C(=C([O-])c2ccccc2)C(=O)c2ccccc21.[Mn+2]. The minimum atomic E-state index is -0.508. The van der Waals surface area contributed by atoms with Gasteiger partial charge in [0.25, 0.3) is 0 Å². The first-order valence-electron chi connectivity index (χ1n) is 11.7. The van der Waals surface area contributed by atoms with Gasteiger partial charge in [0.1, 0.15) is 0 Å². The molecule has 0 fully saturated rings. The molecule has 0 spiro atoms. The van der Waals surface area contributed by atoms with E-state index >= 15 is 0 Å². The van der Waals surface area contributed by atoms with Gasteiger partial charge in [-0.15, -0.1) is 0 Å². The van der Waals surface area contributed by atoms with E-state index in [0.29, 0.717) is 33.4 Å². The molecule has 0 amide bonds. The molecule has 7 heteroatoms. The van der Waals surface area contributed by atoms with Crippen molar-refractivity contribution in [3.63, 3.8) is 0 Å². The molecule has 4 aromatic carbocycles. The van der Waals surface area contributed by atoms with Gasteiger partial charge in [-0.25, -0.2) is 0 Å². The van der Waals surface area contributed by atoms with Crippen LogP contribution in [0.1, 0.15) is 52.6 Å². The van der Waals surface area contributed by atoms with E-state index in [4.69, 9.17) is 0 Å². The van der Waals surface area contributed by atoms with E-state index in [1.54, 1.807) is 109 Å². The summed E-state index contributed by atoms with van der Waals surface area (Å²) in [5.41, 5.74) is 1.44. The van der Waals surface area contributed by atoms with Crippen molar-refractivity contribution < 1.29 is 46.5 Å². The number of ketones is 4. The van der Waals surface area contributed by atoms with Gasteiger partial charge < -0.3 is 10.2 Å². The normalized spacial score (nSPS) is 13.2. The number of allylic oxidation sites excluding steroid dienone is 2. The summed E-state index contributed by atoms with van der Waals surface area (Å²) in [6.45, 7) is 0. The Bertz CT molecular complexity index is 1480. The van der Waals surface area contributed by atoms with Gasteiger partial charge in [-0.1, -0.05) is 121 Å². The van der Waals surface area contributed by atoms with Crippen LogP contribution in [-0.4, -0.2) is 23.1 Å². The summed E-state index contributed by atoms with van der Waals surface area (Å²) < 4.78 is 0. The van der Waals surface area contributed by atoms with Crippen LogP contribution in [0.25, 0.3) is 11.5 Å². The third-order valence-electron chi connectivity index (χ3n) is 6.27. The van der Waals surface area contributed by atoms with Gasteiger partial charge in [0.15, 0.2) is 23.1 Å². The predicted octanol–water partition coefficient (Wildman–Crippen LogP) is 3.67. The maximum Gasteiger partial charge on any atom is 2.00 e. The van der Waals surface area contributed by atoms with Gasteiger partial charge in [-0.2, -0.15) is 0 Å². The minimum Gasteiger partial charge on any atom is -0.871 e. The summed E-state index contributed by atoms with van der Waals surface area (Å²) >= 11 is 0. The molecule has 0 saturated carbocycles. The van der Waals surface area contributed by atoms with E-state index in [0.717, 1.165) is 0 Å². The molecule has 39 heavy (non-hydrogen) atoms. The first-order valence-corrected chi connectivity index (χ1v) is 11.7. The standard InChI is InChI=1S/2C16H10O3.Mn/c2*17-14(10-6-2-1-3-7-10)13-15(18)11-8-4-5-9-12(11)16(13)19;/h2*1-9,17H;/q;;+2/p-2. The van der Waals surface area contributed by atoms with E-state index in [2.05, 4.69) is 0 Å². The number of hydrogen-bond donors (Lipinski definition) is 0. The molecule has 4 aromatic rings. The van der Waals surface area contributed by atoms with Crippen LogP contribution in [0.5, 0.6) is 0 Å². The van der Waals surface area contributed by atoms with Gasteiger partial charge in [-0.3, -0.25) is 19.2 Å². The first kappa shape index (κ1) is 27.2. The number of hydrogen-bond acceptors (Lipinski definition) is 6. The van der Waals surface area contributed by atoms with Gasteiger partial charge in [0, 0.05) is 22.3 Å². The third-order valence-corrected chi connectivity index (χ3v) is 6.27. The van der Waals surface area contributed by atoms with Crippen molar-refractivity contribution in [2.45, 2.75) is 0 Å². The molecule has 0 heterocycles. The van der Waals surface area contributed by atoms with E-state index in [9.17, 15) is 29.4 Å². The van der Waals surface area contributed by atoms with Crippen LogP contribution in [0.2, 0.25) is 0 Å². The summed E-state index contributed by atoms with van der Waals surface area (Å²) in [5.74, 6) is -2.92. The van der Waals surface area contributed by atoms with Crippen molar-refractivity contribution in [1.29, 1.82) is 0 Å². The smallest absolute Gasteiger partial charge is 0.871 e. The quantitative estimate of drug-likeness (QED) is 0.162. The minimum absolute atomic E-state index is 0. The van der Waals surface area contributed by atoms with Crippen LogP contribution >= 0.6 is 0 Å². The molecule has 1 radical (unpaired) electrons.